The molecule has 0 spiro atoms. The van der Waals surface area contributed by atoms with E-state index in [0.29, 0.717) is 27.8 Å². The molecule has 0 atom stereocenters. The van der Waals surface area contributed by atoms with Gasteiger partial charge in [-0.25, -0.2) is 4.98 Å². The van der Waals surface area contributed by atoms with Crippen molar-refractivity contribution in [1.82, 2.24) is 4.98 Å². The van der Waals surface area contributed by atoms with E-state index in [1.165, 1.54) is 21.3 Å². The molecule has 4 aromatic rings. The molecule has 0 aliphatic rings. The molecule has 0 radical (unpaired) electrons. The Morgan fingerprint density at radius 3 is 2.32 bits per heavy atom. The second-order valence-electron chi connectivity index (χ2n) is 6.81. The summed E-state index contributed by atoms with van der Waals surface area (Å²) in [6.45, 7) is 0. The third-order valence-electron chi connectivity index (χ3n) is 4.92. The maximum atomic E-state index is 13.1. The Kier molecular flexibility index (Phi) is 6.11. The fourth-order valence-corrected chi connectivity index (χ4v) is 4.50. The molecule has 0 unspecified atom stereocenters. The SMILES string of the molecule is COc1cc(C(=O)Cc2cc(-c3nc4ccccc4s3)ccc2Cl)cc(OC)c1OC. The highest BCUT2D eigenvalue weighted by molar-refractivity contribution is 7.21. The number of halogens is 1. The van der Waals surface area contributed by atoms with Gasteiger partial charge in [-0.05, 0) is 42.0 Å². The first-order valence-corrected chi connectivity index (χ1v) is 10.7. The summed E-state index contributed by atoms with van der Waals surface area (Å²) in [7, 11) is 4.56. The van der Waals surface area contributed by atoms with E-state index in [2.05, 4.69) is 0 Å². The van der Waals surface area contributed by atoms with Crippen molar-refractivity contribution >= 4 is 38.9 Å². The van der Waals surface area contributed by atoms with Crippen molar-refractivity contribution in [2.24, 2.45) is 0 Å². The predicted molar refractivity (Wildman–Crippen MR) is 124 cm³/mol. The highest BCUT2D eigenvalue weighted by Crippen LogP contribution is 2.39. The number of ketones is 1. The number of aromatic nitrogens is 1. The van der Waals surface area contributed by atoms with Gasteiger partial charge in [0.05, 0.1) is 31.5 Å². The first-order valence-electron chi connectivity index (χ1n) is 9.51. The van der Waals surface area contributed by atoms with Crippen molar-refractivity contribution in [2.45, 2.75) is 6.42 Å². The first-order chi connectivity index (χ1) is 15.0. The summed E-state index contributed by atoms with van der Waals surface area (Å²) < 4.78 is 17.2. The van der Waals surface area contributed by atoms with Gasteiger partial charge < -0.3 is 14.2 Å². The summed E-state index contributed by atoms with van der Waals surface area (Å²) >= 11 is 8.03. The minimum Gasteiger partial charge on any atom is -0.493 e. The predicted octanol–water partition coefficient (Wildman–Crippen LogP) is 6.07. The van der Waals surface area contributed by atoms with Crippen molar-refractivity contribution in [1.29, 1.82) is 0 Å². The van der Waals surface area contributed by atoms with E-state index < -0.39 is 0 Å². The smallest absolute Gasteiger partial charge is 0.203 e. The van der Waals surface area contributed by atoms with Crippen LogP contribution < -0.4 is 14.2 Å². The fourth-order valence-electron chi connectivity index (χ4n) is 3.36. The standard InChI is InChI=1S/C24H20ClNO4S/c1-28-20-12-16(13-21(29-2)23(20)30-3)19(27)11-15-10-14(8-9-17(15)25)24-26-18-6-4-5-7-22(18)31-24/h4-10,12-13H,11H2,1-3H3. The van der Waals surface area contributed by atoms with Crippen LogP contribution in [0.5, 0.6) is 17.2 Å². The quantitative estimate of drug-likeness (QED) is 0.318. The molecule has 0 aliphatic heterocycles. The number of rotatable bonds is 7. The minimum atomic E-state index is -0.109. The van der Waals surface area contributed by atoms with E-state index in [-0.39, 0.29) is 12.2 Å². The number of thiazole rings is 1. The summed E-state index contributed by atoms with van der Waals surface area (Å²) in [5, 5.41) is 1.42. The van der Waals surface area contributed by atoms with Crippen molar-refractivity contribution < 1.29 is 19.0 Å². The Balaban J connectivity index is 1.66. The van der Waals surface area contributed by atoms with Gasteiger partial charge in [-0.2, -0.15) is 0 Å². The molecule has 31 heavy (non-hydrogen) atoms. The van der Waals surface area contributed by atoms with Crippen molar-refractivity contribution in [3.05, 3.63) is 70.7 Å². The number of Topliss-reactive ketones (excluding diaryl/α,β-unsaturated/α-hetero) is 1. The van der Waals surface area contributed by atoms with Crippen LogP contribution in [-0.2, 0) is 6.42 Å². The van der Waals surface area contributed by atoms with E-state index >= 15 is 0 Å². The number of carbonyl (C=O) groups is 1. The van der Waals surface area contributed by atoms with Gasteiger partial charge in [-0.1, -0.05) is 29.8 Å². The summed E-state index contributed by atoms with van der Waals surface area (Å²) in [6.07, 6.45) is 0.135. The molecule has 5 nitrogen and oxygen atoms in total. The lowest BCUT2D eigenvalue weighted by Gasteiger charge is -2.14. The van der Waals surface area contributed by atoms with Crippen molar-refractivity contribution in [3.63, 3.8) is 0 Å². The second-order valence-corrected chi connectivity index (χ2v) is 8.24. The Hall–Kier alpha value is -3.09. The first kappa shape index (κ1) is 21.2. The molecule has 0 amide bonds. The lowest BCUT2D eigenvalue weighted by atomic mass is 10.0. The Bertz CT molecular complexity index is 1210. The number of nitrogens with zero attached hydrogens (tertiary/aromatic N) is 1. The molecular weight excluding hydrogens is 434 g/mol. The Morgan fingerprint density at radius 2 is 1.68 bits per heavy atom. The zero-order valence-corrected chi connectivity index (χ0v) is 18.8. The number of hydrogen-bond acceptors (Lipinski definition) is 6. The van der Waals surface area contributed by atoms with E-state index in [1.807, 2.05) is 36.4 Å². The number of ether oxygens (including phenoxy) is 3. The van der Waals surface area contributed by atoms with Gasteiger partial charge in [-0.15, -0.1) is 11.3 Å². The fraction of sp³-hybridized carbons (Fsp3) is 0.167. The number of hydrogen-bond donors (Lipinski definition) is 0. The highest BCUT2D eigenvalue weighted by Gasteiger charge is 2.18. The topological polar surface area (TPSA) is 57.7 Å². The van der Waals surface area contributed by atoms with Gasteiger partial charge in [0.15, 0.2) is 17.3 Å². The van der Waals surface area contributed by atoms with Crippen LogP contribution in [0.2, 0.25) is 5.02 Å². The highest BCUT2D eigenvalue weighted by atomic mass is 35.5. The third kappa shape index (κ3) is 4.22. The van der Waals surface area contributed by atoms with Gasteiger partial charge in [0.25, 0.3) is 0 Å². The number of fused-ring (bicyclic) bond motifs is 1. The molecule has 0 saturated carbocycles. The largest absolute Gasteiger partial charge is 0.493 e. The van der Waals surface area contributed by atoms with Crippen LogP contribution in [0, 0.1) is 0 Å². The number of para-hydroxylation sites is 1. The molecule has 0 N–H and O–H groups in total. The number of methoxy groups -OCH3 is 3. The zero-order valence-electron chi connectivity index (χ0n) is 17.3. The number of carbonyl (C=O) groups excluding carboxylic acids is 1. The van der Waals surface area contributed by atoms with E-state index in [1.54, 1.807) is 29.5 Å². The lowest BCUT2D eigenvalue weighted by Crippen LogP contribution is -2.06. The van der Waals surface area contributed by atoms with E-state index in [0.717, 1.165) is 26.4 Å². The van der Waals surface area contributed by atoms with Gasteiger partial charge >= 0.3 is 0 Å². The maximum Gasteiger partial charge on any atom is 0.203 e. The summed E-state index contributed by atoms with van der Waals surface area (Å²) in [5.74, 6) is 1.19. The minimum absolute atomic E-state index is 0.109. The molecule has 1 aromatic heterocycles. The van der Waals surface area contributed by atoms with E-state index in [4.69, 9.17) is 30.8 Å². The zero-order chi connectivity index (χ0) is 22.0. The van der Waals surface area contributed by atoms with Crippen LogP contribution in [0.15, 0.2) is 54.6 Å². The van der Waals surface area contributed by atoms with Crippen LogP contribution in [0.1, 0.15) is 15.9 Å². The van der Waals surface area contributed by atoms with E-state index in [9.17, 15) is 4.79 Å². The average molecular weight is 454 g/mol. The normalized spacial score (nSPS) is 10.8. The Morgan fingerprint density at radius 1 is 0.968 bits per heavy atom. The van der Waals surface area contributed by atoms with Crippen LogP contribution in [0.4, 0.5) is 0 Å². The van der Waals surface area contributed by atoms with Gasteiger partial charge in [0, 0.05) is 22.6 Å². The molecule has 1 heterocycles. The molecule has 158 valence electrons. The van der Waals surface area contributed by atoms with Gasteiger partial charge in [0.1, 0.15) is 5.01 Å². The van der Waals surface area contributed by atoms with Crippen molar-refractivity contribution in [2.75, 3.05) is 21.3 Å². The molecule has 4 rings (SSSR count). The van der Waals surface area contributed by atoms with Crippen LogP contribution >= 0.6 is 22.9 Å². The molecular formula is C24H20ClNO4S. The monoisotopic (exact) mass is 453 g/mol. The maximum absolute atomic E-state index is 13.1. The summed E-state index contributed by atoms with van der Waals surface area (Å²) in [4.78, 5) is 17.8. The Labute approximate surface area is 189 Å². The van der Waals surface area contributed by atoms with Crippen molar-refractivity contribution in [3.8, 4) is 27.8 Å². The molecule has 0 saturated heterocycles. The van der Waals surface area contributed by atoms with Crippen LogP contribution in [0.3, 0.4) is 0 Å². The van der Waals surface area contributed by atoms with Crippen LogP contribution in [-0.4, -0.2) is 32.1 Å². The summed E-state index contributed by atoms with van der Waals surface area (Å²) in [6, 6.07) is 16.9. The second kappa shape index (κ2) is 8.96. The van der Waals surface area contributed by atoms with Crippen LogP contribution in [0.25, 0.3) is 20.8 Å². The molecule has 7 heteroatoms. The average Bonchev–Trinajstić information content (AvgIpc) is 3.23. The lowest BCUT2D eigenvalue weighted by molar-refractivity contribution is 0.0992. The summed E-state index contributed by atoms with van der Waals surface area (Å²) in [5.41, 5.74) is 3.07. The molecule has 3 aromatic carbocycles. The molecule has 0 aliphatic carbocycles. The molecule has 0 bridgehead atoms. The number of benzene rings is 3. The van der Waals surface area contributed by atoms with Gasteiger partial charge in [-0.3, -0.25) is 4.79 Å². The molecule has 0 fully saturated rings. The third-order valence-corrected chi connectivity index (χ3v) is 6.38. The van der Waals surface area contributed by atoms with Gasteiger partial charge in [0.2, 0.25) is 5.75 Å².